The third kappa shape index (κ3) is 1.47. The van der Waals surface area contributed by atoms with Crippen LogP contribution in [0.4, 0.5) is 0 Å². The molecule has 0 N–H and O–H groups in total. The molecule has 0 radical (unpaired) electrons. The van der Waals surface area contributed by atoms with Crippen LogP contribution >= 0.6 is 9.39 Å². The van der Waals surface area contributed by atoms with E-state index in [0.29, 0.717) is 0 Å². The Labute approximate surface area is 63.0 Å². The number of rotatable bonds is 1. The van der Waals surface area contributed by atoms with E-state index in [1.807, 2.05) is 4.67 Å². The van der Waals surface area contributed by atoms with Gasteiger partial charge in [-0.15, -0.1) is 0 Å². The van der Waals surface area contributed by atoms with Crippen LogP contribution in [0.25, 0.3) is 0 Å². The highest BCUT2D eigenvalue weighted by atomic mass is 31.0. The molecular formula is C6H12NO2P. The van der Waals surface area contributed by atoms with Crippen molar-refractivity contribution in [2.24, 2.45) is 0 Å². The summed E-state index contributed by atoms with van der Waals surface area (Å²) in [6.45, 7) is 0.977. The fourth-order valence-electron chi connectivity index (χ4n) is 1.18. The van der Waals surface area contributed by atoms with Crippen molar-refractivity contribution >= 4 is 15.4 Å². The summed E-state index contributed by atoms with van der Waals surface area (Å²) in [5, 5.41) is 0. The van der Waals surface area contributed by atoms with E-state index in [1.165, 1.54) is 7.11 Å². The zero-order valence-corrected chi connectivity index (χ0v) is 7.19. The Hall–Kier alpha value is -0.140. The third-order valence-electron chi connectivity index (χ3n) is 1.77. The summed E-state index contributed by atoms with van der Waals surface area (Å²) in [5.74, 6) is -0.118. The molecule has 1 heterocycles. The zero-order valence-electron chi connectivity index (χ0n) is 6.04. The van der Waals surface area contributed by atoms with Crippen LogP contribution in [0, 0.1) is 0 Å². The van der Waals surface area contributed by atoms with Crippen molar-refractivity contribution in [1.82, 2.24) is 4.67 Å². The number of methoxy groups -OCH3 is 1. The zero-order chi connectivity index (χ0) is 7.56. The standard InChI is InChI=1S/C6H12NO2P/c1-9-6(8)5-3-2-4-7(5)10/h5H,2-4,10H2,1H3/t5-/m0/s1. The molecule has 1 fully saturated rings. The second kappa shape index (κ2) is 3.31. The molecule has 2 atom stereocenters. The molecule has 0 aromatic heterocycles. The predicted molar refractivity (Wildman–Crippen MR) is 41.5 cm³/mol. The molecule has 1 aliphatic heterocycles. The van der Waals surface area contributed by atoms with E-state index in [1.54, 1.807) is 0 Å². The van der Waals surface area contributed by atoms with Crippen LogP contribution in [-0.4, -0.2) is 30.3 Å². The van der Waals surface area contributed by atoms with E-state index in [2.05, 4.69) is 14.1 Å². The van der Waals surface area contributed by atoms with Gasteiger partial charge in [-0.1, -0.05) is 9.39 Å². The minimum absolute atomic E-state index is 0.0185. The first-order valence-corrected chi connectivity index (χ1v) is 3.86. The maximum absolute atomic E-state index is 10.9. The van der Waals surface area contributed by atoms with Gasteiger partial charge in [0.2, 0.25) is 0 Å². The third-order valence-corrected chi connectivity index (χ3v) is 2.39. The second-order valence-corrected chi connectivity index (χ2v) is 3.08. The highest BCUT2D eigenvalue weighted by molar-refractivity contribution is 7.13. The second-order valence-electron chi connectivity index (χ2n) is 2.42. The number of hydrogen-bond donors (Lipinski definition) is 0. The lowest BCUT2D eigenvalue weighted by Gasteiger charge is -2.15. The van der Waals surface area contributed by atoms with Gasteiger partial charge in [0.1, 0.15) is 6.04 Å². The summed E-state index contributed by atoms with van der Waals surface area (Å²) in [5.41, 5.74) is 0. The Balaban J connectivity index is 2.46. The first-order chi connectivity index (χ1) is 4.75. The highest BCUT2D eigenvalue weighted by Crippen LogP contribution is 2.21. The average molecular weight is 161 g/mol. The van der Waals surface area contributed by atoms with Crippen LogP contribution in [0.2, 0.25) is 0 Å². The number of carbonyl (C=O) groups is 1. The molecule has 1 unspecified atom stereocenters. The first kappa shape index (κ1) is 7.96. The Kier molecular flexibility index (Phi) is 2.64. The van der Waals surface area contributed by atoms with Gasteiger partial charge in [0.15, 0.2) is 0 Å². The first-order valence-electron chi connectivity index (χ1n) is 3.35. The van der Waals surface area contributed by atoms with Gasteiger partial charge in [-0.3, -0.25) is 9.46 Å². The van der Waals surface area contributed by atoms with Crippen molar-refractivity contribution in [3.8, 4) is 0 Å². The topological polar surface area (TPSA) is 29.5 Å². The fourth-order valence-corrected chi connectivity index (χ4v) is 1.63. The van der Waals surface area contributed by atoms with Crippen molar-refractivity contribution in [2.75, 3.05) is 13.7 Å². The minimum atomic E-state index is -0.118. The molecule has 0 aromatic rings. The maximum atomic E-state index is 10.9. The molecular weight excluding hydrogens is 149 g/mol. The van der Waals surface area contributed by atoms with Gasteiger partial charge in [0.05, 0.1) is 7.11 Å². The molecule has 1 rings (SSSR count). The van der Waals surface area contributed by atoms with Gasteiger partial charge in [-0.05, 0) is 12.8 Å². The summed E-state index contributed by atoms with van der Waals surface area (Å²) in [6.07, 6.45) is 2.01. The number of nitrogens with zero attached hydrogens (tertiary/aromatic N) is 1. The van der Waals surface area contributed by atoms with Crippen molar-refractivity contribution in [3.05, 3.63) is 0 Å². The highest BCUT2D eigenvalue weighted by Gasteiger charge is 2.28. The van der Waals surface area contributed by atoms with Crippen molar-refractivity contribution in [3.63, 3.8) is 0 Å². The van der Waals surface area contributed by atoms with Gasteiger partial charge in [0.25, 0.3) is 0 Å². The van der Waals surface area contributed by atoms with Crippen molar-refractivity contribution < 1.29 is 9.53 Å². The van der Waals surface area contributed by atoms with Crippen LogP contribution in [0.15, 0.2) is 0 Å². The molecule has 3 nitrogen and oxygen atoms in total. The lowest BCUT2D eigenvalue weighted by Crippen LogP contribution is -2.29. The maximum Gasteiger partial charge on any atom is 0.323 e. The lowest BCUT2D eigenvalue weighted by molar-refractivity contribution is -0.144. The smallest absolute Gasteiger partial charge is 0.323 e. The van der Waals surface area contributed by atoms with Gasteiger partial charge in [-0.25, -0.2) is 0 Å². The summed E-state index contributed by atoms with van der Waals surface area (Å²) in [6, 6.07) is -0.0185. The molecule has 1 aliphatic rings. The molecule has 0 aliphatic carbocycles. The van der Waals surface area contributed by atoms with E-state index in [4.69, 9.17) is 0 Å². The van der Waals surface area contributed by atoms with Crippen LogP contribution in [0.3, 0.4) is 0 Å². The minimum Gasteiger partial charge on any atom is -0.468 e. The molecule has 10 heavy (non-hydrogen) atoms. The van der Waals surface area contributed by atoms with Gasteiger partial charge in [0, 0.05) is 6.54 Å². The van der Waals surface area contributed by atoms with Gasteiger partial charge >= 0.3 is 5.97 Å². The molecule has 0 amide bonds. The fraction of sp³-hybridized carbons (Fsp3) is 0.833. The summed E-state index contributed by atoms with van der Waals surface area (Å²) < 4.78 is 6.56. The Morgan fingerprint density at radius 3 is 2.90 bits per heavy atom. The molecule has 0 spiro atoms. The van der Waals surface area contributed by atoms with Gasteiger partial charge < -0.3 is 4.74 Å². The summed E-state index contributed by atoms with van der Waals surface area (Å²) in [7, 11) is 3.97. The van der Waals surface area contributed by atoms with Crippen LogP contribution in [0.1, 0.15) is 12.8 Å². The molecule has 0 bridgehead atoms. The Morgan fingerprint density at radius 2 is 2.50 bits per heavy atom. The van der Waals surface area contributed by atoms with Crippen molar-refractivity contribution in [2.45, 2.75) is 18.9 Å². The number of carbonyl (C=O) groups excluding carboxylic acids is 1. The summed E-state index contributed by atoms with van der Waals surface area (Å²) in [4.78, 5) is 10.9. The quantitative estimate of drug-likeness (QED) is 0.412. The Morgan fingerprint density at radius 1 is 1.80 bits per heavy atom. The monoisotopic (exact) mass is 161 g/mol. The number of esters is 1. The molecule has 4 heteroatoms. The molecule has 1 saturated heterocycles. The molecule has 0 aromatic carbocycles. The van der Waals surface area contributed by atoms with Crippen LogP contribution in [-0.2, 0) is 9.53 Å². The van der Waals surface area contributed by atoms with E-state index in [0.717, 1.165) is 19.4 Å². The van der Waals surface area contributed by atoms with E-state index < -0.39 is 0 Å². The lowest BCUT2D eigenvalue weighted by atomic mass is 10.2. The normalized spacial score (nSPS) is 26.8. The number of hydrogen-bond acceptors (Lipinski definition) is 3. The van der Waals surface area contributed by atoms with Crippen LogP contribution in [0.5, 0.6) is 0 Å². The largest absolute Gasteiger partial charge is 0.468 e. The Bertz CT molecular complexity index is 140. The summed E-state index contributed by atoms with van der Waals surface area (Å²) >= 11 is 0. The van der Waals surface area contributed by atoms with E-state index >= 15 is 0 Å². The average Bonchev–Trinajstić information content (AvgIpc) is 2.34. The SMILES string of the molecule is COC(=O)[C@@H]1CCCN1P. The van der Waals surface area contributed by atoms with Gasteiger partial charge in [-0.2, -0.15) is 0 Å². The number of ether oxygens (including phenoxy) is 1. The molecule has 58 valence electrons. The van der Waals surface area contributed by atoms with E-state index in [-0.39, 0.29) is 12.0 Å². The predicted octanol–water partition coefficient (Wildman–Crippen LogP) is 0.414. The van der Waals surface area contributed by atoms with Crippen molar-refractivity contribution in [1.29, 1.82) is 0 Å². The van der Waals surface area contributed by atoms with E-state index in [9.17, 15) is 4.79 Å². The van der Waals surface area contributed by atoms with Crippen LogP contribution < -0.4 is 0 Å². The molecule has 0 saturated carbocycles.